The molecule has 0 aromatic carbocycles. The largest absolute Gasteiger partial charge is 0.392 e. The second-order valence-electron chi connectivity index (χ2n) is 4.30. The molecule has 0 unspecified atom stereocenters. The van der Waals surface area contributed by atoms with Crippen LogP contribution in [0.3, 0.4) is 0 Å². The Morgan fingerprint density at radius 1 is 1.53 bits per heavy atom. The lowest BCUT2D eigenvalue weighted by molar-refractivity contribution is 0.0414. The number of rotatable bonds is 4. The fourth-order valence-corrected chi connectivity index (χ4v) is 2.17. The van der Waals surface area contributed by atoms with E-state index in [0.29, 0.717) is 12.6 Å². The van der Waals surface area contributed by atoms with E-state index in [1.54, 1.807) is 0 Å². The summed E-state index contributed by atoms with van der Waals surface area (Å²) in [4.78, 5) is 4.52. The summed E-state index contributed by atoms with van der Waals surface area (Å²) < 4.78 is 0. The van der Waals surface area contributed by atoms with Crippen molar-refractivity contribution in [3.63, 3.8) is 0 Å². The molecule has 15 heavy (non-hydrogen) atoms. The van der Waals surface area contributed by atoms with Crippen molar-refractivity contribution in [3.05, 3.63) is 0 Å². The van der Waals surface area contributed by atoms with Gasteiger partial charge in [0.25, 0.3) is 0 Å². The van der Waals surface area contributed by atoms with E-state index >= 15 is 0 Å². The van der Waals surface area contributed by atoms with Crippen LogP contribution in [0.5, 0.6) is 0 Å². The van der Waals surface area contributed by atoms with Crippen molar-refractivity contribution in [2.45, 2.75) is 32.4 Å². The molecule has 1 heterocycles. The molecule has 0 saturated carbocycles. The van der Waals surface area contributed by atoms with Crippen LogP contribution in [-0.4, -0.2) is 59.8 Å². The van der Waals surface area contributed by atoms with Crippen LogP contribution in [0.1, 0.15) is 20.3 Å². The predicted octanol–water partition coefficient (Wildman–Crippen LogP) is 0.287. The summed E-state index contributed by atoms with van der Waals surface area (Å²) in [6, 6.07) is 2.68. The minimum absolute atomic E-state index is 0.262. The minimum Gasteiger partial charge on any atom is -0.392 e. The maximum absolute atomic E-state index is 9.38. The van der Waals surface area contributed by atoms with Gasteiger partial charge in [0, 0.05) is 32.2 Å². The lowest BCUT2D eigenvalue weighted by Gasteiger charge is -2.40. The highest BCUT2D eigenvalue weighted by Crippen LogP contribution is 2.12. The Balaban J connectivity index is 2.46. The summed E-state index contributed by atoms with van der Waals surface area (Å²) in [7, 11) is 0. The van der Waals surface area contributed by atoms with Crippen LogP contribution in [0.15, 0.2) is 0 Å². The Kier molecular flexibility index (Phi) is 5.03. The minimum atomic E-state index is -0.262. The van der Waals surface area contributed by atoms with Gasteiger partial charge >= 0.3 is 0 Å². The fourth-order valence-electron chi connectivity index (χ4n) is 2.17. The SMILES string of the molecule is CC[C@@H]1CN(CC#N)CCN1C[C@@H](C)O. The third kappa shape index (κ3) is 3.78. The van der Waals surface area contributed by atoms with Crippen molar-refractivity contribution in [3.8, 4) is 6.07 Å². The maximum atomic E-state index is 9.38. The average molecular weight is 211 g/mol. The van der Waals surface area contributed by atoms with E-state index in [-0.39, 0.29) is 6.10 Å². The molecule has 4 heteroatoms. The van der Waals surface area contributed by atoms with Crippen molar-refractivity contribution in [1.82, 2.24) is 9.80 Å². The van der Waals surface area contributed by atoms with Crippen LogP contribution in [0.25, 0.3) is 0 Å². The number of aliphatic hydroxyl groups is 1. The van der Waals surface area contributed by atoms with Crippen molar-refractivity contribution in [2.75, 3.05) is 32.7 Å². The first-order valence-electron chi connectivity index (χ1n) is 5.68. The molecule has 1 aliphatic rings. The number of β-amino-alcohol motifs (C(OH)–C–C–N with tert-alkyl or cyclic N) is 1. The number of aliphatic hydroxyl groups excluding tert-OH is 1. The van der Waals surface area contributed by atoms with Crippen LogP contribution in [0.4, 0.5) is 0 Å². The molecule has 0 radical (unpaired) electrons. The van der Waals surface area contributed by atoms with Crippen LogP contribution < -0.4 is 0 Å². The molecule has 0 aliphatic carbocycles. The third-order valence-corrected chi connectivity index (χ3v) is 2.95. The van der Waals surface area contributed by atoms with Gasteiger partial charge in [0.15, 0.2) is 0 Å². The molecule has 1 aliphatic heterocycles. The van der Waals surface area contributed by atoms with Gasteiger partial charge in [-0.2, -0.15) is 5.26 Å². The predicted molar refractivity (Wildman–Crippen MR) is 59.4 cm³/mol. The Labute approximate surface area is 92.1 Å². The number of nitriles is 1. The van der Waals surface area contributed by atoms with Gasteiger partial charge in [-0.3, -0.25) is 9.80 Å². The molecule has 2 atom stereocenters. The Morgan fingerprint density at radius 2 is 2.27 bits per heavy atom. The zero-order valence-corrected chi connectivity index (χ0v) is 9.69. The molecule has 1 N–H and O–H groups in total. The van der Waals surface area contributed by atoms with Gasteiger partial charge in [0.1, 0.15) is 0 Å². The molecule has 0 aromatic rings. The lowest BCUT2D eigenvalue weighted by atomic mass is 10.1. The Bertz CT molecular complexity index is 224. The third-order valence-electron chi connectivity index (χ3n) is 2.95. The van der Waals surface area contributed by atoms with Crippen molar-refractivity contribution < 1.29 is 5.11 Å². The van der Waals surface area contributed by atoms with Gasteiger partial charge < -0.3 is 5.11 Å². The van der Waals surface area contributed by atoms with E-state index in [4.69, 9.17) is 5.26 Å². The number of piperazine rings is 1. The van der Waals surface area contributed by atoms with Gasteiger partial charge in [0.05, 0.1) is 18.7 Å². The Morgan fingerprint density at radius 3 is 2.80 bits per heavy atom. The van der Waals surface area contributed by atoms with E-state index in [2.05, 4.69) is 22.8 Å². The Hall–Kier alpha value is -0.630. The number of hydrogen-bond acceptors (Lipinski definition) is 4. The van der Waals surface area contributed by atoms with Gasteiger partial charge in [-0.25, -0.2) is 0 Å². The summed E-state index contributed by atoms with van der Waals surface area (Å²) in [6.45, 7) is 8.13. The zero-order chi connectivity index (χ0) is 11.3. The molecule has 0 spiro atoms. The highest BCUT2D eigenvalue weighted by atomic mass is 16.3. The molecule has 86 valence electrons. The van der Waals surface area contributed by atoms with Crippen molar-refractivity contribution in [1.29, 1.82) is 5.26 Å². The highest BCUT2D eigenvalue weighted by Gasteiger charge is 2.25. The van der Waals surface area contributed by atoms with Gasteiger partial charge in [0.2, 0.25) is 0 Å². The molecule has 0 amide bonds. The van der Waals surface area contributed by atoms with Crippen LogP contribution in [0.2, 0.25) is 0 Å². The molecule has 0 bridgehead atoms. The first-order chi connectivity index (χ1) is 7.17. The van der Waals surface area contributed by atoms with E-state index in [1.165, 1.54) is 0 Å². The topological polar surface area (TPSA) is 50.5 Å². The number of nitrogens with zero attached hydrogens (tertiary/aromatic N) is 3. The summed E-state index contributed by atoms with van der Waals surface area (Å²) in [5.74, 6) is 0. The number of hydrogen-bond donors (Lipinski definition) is 1. The van der Waals surface area contributed by atoms with Crippen LogP contribution in [0, 0.1) is 11.3 Å². The lowest BCUT2D eigenvalue weighted by Crippen LogP contribution is -2.54. The standard InChI is InChI=1S/C11H21N3O/c1-3-11-9-13(5-4-12)6-7-14(11)8-10(2)15/h10-11,15H,3,5-9H2,1-2H3/t10-,11-/m1/s1. The molecular formula is C11H21N3O. The summed E-state index contributed by atoms with van der Waals surface area (Å²) in [6.07, 6.45) is 0.816. The molecular weight excluding hydrogens is 190 g/mol. The summed E-state index contributed by atoms with van der Waals surface area (Å²) >= 11 is 0. The highest BCUT2D eigenvalue weighted by molar-refractivity contribution is 4.86. The molecule has 1 saturated heterocycles. The van der Waals surface area contributed by atoms with Gasteiger partial charge in [-0.1, -0.05) is 6.92 Å². The second-order valence-corrected chi connectivity index (χ2v) is 4.30. The summed E-state index contributed by atoms with van der Waals surface area (Å²) in [5, 5.41) is 18.0. The van der Waals surface area contributed by atoms with Crippen molar-refractivity contribution >= 4 is 0 Å². The zero-order valence-electron chi connectivity index (χ0n) is 9.69. The first kappa shape index (κ1) is 12.4. The van der Waals surface area contributed by atoms with Gasteiger partial charge in [-0.15, -0.1) is 0 Å². The van der Waals surface area contributed by atoms with Crippen LogP contribution in [-0.2, 0) is 0 Å². The van der Waals surface area contributed by atoms with Gasteiger partial charge in [-0.05, 0) is 13.3 Å². The first-order valence-corrected chi connectivity index (χ1v) is 5.68. The van der Waals surface area contributed by atoms with E-state index in [9.17, 15) is 5.11 Å². The second kappa shape index (κ2) is 6.06. The van der Waals surface area contributed by atoms with E-state index < -0.39 is 0 Å². The molecule has 0 aromatic heterocycles. The molecule has 1 fully saturated rings. The van der Waals surface area contributed by atoms with Crippen LogP contribution >= 0.6 is 0 Å². The fraction of sp³-hybridized carbons (Fsp3) is 0.909. The monoisotopic (exact) mass is 211 g/mol. The quantitative estimate of drug-likeness (QED) is 0.679. The molecule has 4 nitrogen and oxygen atoms in total. The normalized spacial score (nSPS) is 26.1. The van der Waals surface area contributed by atoms with E-state index in [0.717, 1.165) is 32.6 Å². The molecule has 1 rings (SSSR count). The smallest absolute Gasteiger partial charge is 0.0866 e. The summed E-state index contributed by atoms with van der Waals surface area (Å²) in [5.41, 5.74) is 0. The van der Waals surface area contributed by atoms with Crippen molar-refractivity contribution in [2.24, 2.45) is 0 Å². The van der Waals surface area contributed by atoms with E-state index in [1.807, 2.05) is 6.92 Å². The maximum Gasteiger partial charge on any atom is 0.0866 e. The average Bonchev–Trinajstić information content (AvgIpc) is 2.20.